The Hall–Kier alpha value is -2.81. The molecule has 2 aromatic heterocycles. The summed E-state index contributed by atoms with van der Waals surface area (Å²) in [5, 5.41) is 6.55. The number of nitrogens with one attached hydrogen (secondary N) is 2. The van der Waals surface area contributed by atoms with Gasteiger partial charge in [0.05, 0.1) is 30.2 Å². The van der Waals surface area contributed by atoms with Crippen molar-refractivity contribution < 1.29 is 4.42 Å². The maximum Gasteiger partial charge on any atom is 0.191 e. The fraction of sp³-hybridized carbons (Fsp3) is 0.182. The van der Waals surface area contributed by atoms with Crippen LogP contribution in [0, 0.1) is 0 Å². The van der Waals surface area contributed by atoms with Gasteiger partial charge in [-0.05, 0) is 35.4 Å². The van der Waals surface area contributed by atoms with Gasteiger partial charge in [0, 0.05) is 20.1 Å². The number of para-hydroxylation sites is 2. The number of hydrogen-bond acceptors (Lipinski definition) is 3. The molecule has 0 fully saturated rings. The third-order valence-electron chi connectivity index (χ3n) is 4.60. The molecule has 0 unspecified atom stereocenters. The Balaban J connectivity index is 0.00000240. The number of guanidine groups is 1. The van der Waals surface area contributed by atoms with Crippen LogP contribution in [0.3, 0.4) is 0 Å². The number of furan rings is 1. The second-order valence-corrected chi connectivity index (χ2v) is 6.54. The molecular weight excluding hydrogens is 477 g/mol. The summed E-state index contributed by atoms with van der Waals surface area (Å²) in [6.45, 7) is 2.11. The minimum absolute atomic E-state index is 0. The highest BCUT2D eigenvalue weighted by molar-refractivity contribution is 14.0. The van der Waals surface area contributed by atoms with E-state index in [9.17, 15) is 0 Å². The van der Waals surface area contributed by atoms with Crippen LogP contribution in [0.25, 0.3) is 11.0 Å². The summed E-state index contributed by atoms with van der Waals surface area (Å²) in [6, 6.07) is 20.6. The lowest BCUT2D eigenvalue weighted by atomic mass is 10.1. The zero-order chi connectivity index (χ0) is 19.2. The molecule has 2 heterocycles. The molecule has 7 heteroatoms. The van der Waals surface area contributed by atoms with Crippen molar-refractivity contribution in [2.45, 2.75) is 19.6 Å². The summed E-state index contributed by atoms with van der Waals surface area (Å²) in [5.41, 5.74) is 4.61. The van der Waals surface area contributed by atoms with Crippen molar-refractivity contribution >= 4 is 41.0 Å². The second-order valence-electron chi connectivity index (χ2n) is 6.54. The lowest BCUT2D eigenvalue weighted by Crippen LogP contribution is -2.36. The van der Waals surface area contributed by atoms with Gasteiger partial charge < -0.3 is 19.6 Å². The normalized spacial score (nSPS) is 11.3. The van der Waals surface area contributed by atoms with Crippen molar-refractivity contribution in [2.24, 2.45) is 4.99 Å². The van der Waals surface area contributed by atoms with E-state index in [1.165, 1.54) is 11.1 Å². The van der Waals surface area contributed by atoms with E-state index in [1.807, 2.05) is 36.7 Å². The molecule has 0 aliphatic rings. The Bertz CT molecular complexity index is 1050. The van der Waals surface area contributed by atoms with Crippen LogP contribution in [-0.2, 0) is 19.6 Å². The Morgan fingerprint density at radius 1 is 0.966 bits per heavy atom. The zero-order valence-electron chi connectivity index (χ0n) is 16.2. The Labute approximate surface area is 187 Å². The van der Waals surface area contributed by atoms with Gasteiger partial charge >= 0.3 is 0 Å². The molecule has 0 radical (unpaired) electrons. The largest absolute Gasteiger partial charge is 0.467 e. The molecule has 0 saturated heterocycles. The van der Waals surface area contributed by atoms with E-state index in [2.05, 4.69) is 55.5 Å². The number of fused-ring (bicyclic) bond motifs is 1. The van der Waals surface area contributed by atoms with Crippen molar-refractivity contribution in [3.8, 4) is 0 Å². The molecule has 2 aromatic carbocycles. The van der Waals surface area contributed by atoms with Gasteiger partial charge in [-0.2, -0.15) is 0 Å². The lowest BCUT2D eigenvalue weighted by Gasteiger charge is -2.11. The fourth-order valence-electron chi connectivity index (χ4n) is 3.09. The first-order valence-electron chi connectivity index (χ1n) is 9.26. The van der Waals surface area contributed by atoms with E-state index in [4.69, 9.17) is 4.42 Å². The first-order chi connectivity index (χ1) is 13.8. The third-order valence-corrected chi connectivity index (χ3v) is 4.60. The average Bonchev–Trinajstić information content (AvgIpc) is 3.40. The summed E-state index contributed by atoms with van der Waals surface area (Å²) in [6.07, 6.45) is 3.57. The predicted molar refractivity (Wildman–Crippen MR) is 126 cm³/mol. The topological polar surface area (TPSA) is 67.4 Å². The van der Waals surface area contributed by atoms with Gasteiger partial charge in [0.1, 0.15) is 5.76 Å². The minimum atomic E-state index is 0. The van der Waals surface area contributed by atoms with Crippen LogP contribution in [0.2, 0.25) is 0 Å². The maximum atomic E-state index is 5.32. The van der Waals surface area contributed by atoms with Gasteiger partial charge in [-0.3, -0.25) is 4.99 Å². The van der Waals surface area contributed by atoms with Crippen molar-refractivity contribution in [1.82, 2.24) is 20.2 Å². The van der Waals surface area contributed by atoms with E-state index in [-0.39, 0.29) is 24.0 Å². The van der Waals surface area contributed by atoms with Crippen LogP contribution in [0.5, 0.6) is 0 Å². The number of aliphatic imine (C=N–C) groups is 1. The van der Waals surface area contributed by atoms with E-state index >= 15 is 0 Å². The molecule has 150 valence electrons. The van der Waals surface area contributed by atoms with Crippen LogP contribution >= 0.6 is 24.0 Å². The second kappa shape index (κ2) is 10.1. The van der Waals surface area contributed by atoms with E-state index in [0.29, 0.717) is 13.1 Å². The number of benzene rings is 2. The number of imidazole rings is 1. The Morgan fingerprint density at radius 2 is 1.72 bits per heavy atom. The van der Waals surface area contributed by atoms with Crippen LogP contribution in [0.15, 0.2) is 82.7 Å². The van der Waals surface area contributed by atoms with Gasteiger partial charge in [-0.15, -0.1) is 24.0 Å². The standard InChI is InChI=1S/C22H23N5O.HI/c1-23-22(25-14-19-5-4-12-28-19)24-13-17-8-10-18(11-9-17)15-27-16-26-20-6-2-3-7-21(20)27;/h2-12,16H,13-15H2,1H3,(H2,23,24,25);1H. The zero-order valence-corrected chi connectivity index (χ0v) is 18.5. The van der Waals surface area contributed by atoms with Crippen molar-refractivity contribution in [2.75, 3.05) is 7.05 Å². The van der Waals surface area contributed by atoms with Crippen LogP contribution in [-0.4, -0.2) is 22.6 Å². The number of nitrogens with zero attached hydrogens (tertiary/aromatic N) is 3. The van der Waals surface area contributed by atoms with E-state index < -0.39 is 0 Å². The van der Waals surface area contributed by atoms with Crippen LogP contribution in [0.4, 0.5) is 0 Å². The number of halogens is 1. The molecule has 0 bridgehead atoms. The monoisotopic (exact) mass is 501 g/mol. The SMILES string of the molecule is CN=C(NCc1ccc(Cn2cnc3ccccc32)cc1)NCc1ccco1.I. The first kappa shape index (κ1) is 20.9. The summed E-state index contributed by atoms with van der Waals surface area (Å²) in [7, 11) is 1.76. The van der Waals surface area contributed by atoms with Gasteiger partial charge in [-0.25, -0.2) is 4.98 Å². The molecule has 0 spiro atoms. The average molecular weight is 501 g/mol. The number of rotatable bonds is 6. The third kappa shape index (κ3) is 5.38. The van der Waals surface area contributed by atoms with Gasteiger partial charge in [-0.1, -0.05) is 36.4 Å². The highest BCUT2D eigenvalue weighted by atomic mass is 127. The molecule has 0 amide bonds. The number of aromatic nitrogens is 2. The predicted octanol–water partition coefficient (Wildman–Crippen LogP) is 4.16. The van der Waals surface area contributed by atoms with E-state index in [0.717, 1.165) is 29.3 Å². The summed E-state index contributed by atoms with van der Waals surface area (Å²) in [5.74, 6) is 1.62. The molecule has 0 saturated carbocycles. The van der Waals surface area contributed by atoms with Gasteiger partial charge in [0.15, 0.2) is 5.96 Å². The molecule has 2 N–H and O–H groups in total. The van der Waals surface area contributed by atoms with E-state index in [1.54, 1.807) is 13.3 Å². The smallest absolute Gasteiger partial charge is 0.191 e. The van der Waals surface area contributed by atoms with Crippen LogP contribution in [0.1, 0.15) is 16.9 Å². The molecule has 4 rings (SSSR count). The fourth-order valence-corrected chi connectivity index (χ4v) is 3.09. The van der Waals surface area contributed by atoms with Crippen LogP contribution < -0.4 is 10.6 Å². The Morgan fingerprint density at radius 3 is 2.48 bits per heavy atom. The van der Waals surface area contributed by atoms with Crippen molar-refractivity contribution in [1.29, 1.82) is 0 Å². The molecule has 6 nitrogen and oxygen atoms in total. The quantitative estimate of drug-likeness (QED) is 0.237. The summed E-state index contributed by atoms with van der Waals surface area (Å²) >= 11 is 0. The maximum absolute atomic E-state index is 5.32. The summed E-state index contributed by atoms with van der Waals surface area (Å²) in [4.78, 5) is 8.69. The van der Waals surface area contributed by atoms with Crippen molar-refractivity contribution in [3.63, 3.8) is 0 Å². The molecule has 0 atom stereocenters. The lowest BCUT2D eigenvalue weighted by molar-refractivity contribution is 0.501. The molecule has 0 aliphatic carbocycles. The highest BCUT2D eigenvalue weighted by Gasteiger charge is 2.04. The highest BCUT2D eigenvalue weighted by Crippen LogP contribution is 2.14. The van der Waals surface area contributed by atoms with Gasteiger partial charge in [0.2, 0.25) is 0 Å². The van der Waals surface area contributed by atoms with Gasteiger partial charge in [0.25, 0.3) is 0 Å². The first-order valence-corrected chi connectivity index (χ1v) is 9.26. The van der Waals surface area contributed by atoms with Crippen molar-refractivity contribution in [3.05, 3.63) is 90.1 Å². The molecule has 0 aliphatic heterocycles. The minimum Gasteiger partial charge on any atom is -0.467 e. The molecule has 29 heavy (non-hydrogen) atoms. The Kier molecular flexibility index (Phi) is 7.29. The summed E-state index contributed by atoms with van der Waals surface area (Å²) < 4.78 is 7.49. The number of hydrogen-bond donors (Lipinski definition) is 2. The molecule has 4 aromatic rings. The molecular formula is C22H24IN5O.